The monoisotopic (exact) mass is 457 g/mol. The summed E-state index contributed by atoms with van der Waals surface area (Å²) in [7, 11) is 0. The first-order valence-corrected chi connectivity index (χ1v) is 10.3. The Labute approximate surface area is 205 Å². The third-order valence-corrected chi connectivity index (χ3v) is 5.15. The van der Waals surface area contributed by atoms with E-state index in [9.17, 15) is 29.7 Å². The van der Waals surface area contributed by atoms with Crippen molar-refractivity contribution in [2.24, 2.45) is 17.6 Å². The number of rotatable bonds is 11. The van der Waals surface area contributed by atoms with Gasteiger partial charge in [0.05, 0.1) is 18.6 Å². The predicted molar refractivity (Wildman–Crippen MR) is 105 cm³/mol. The van der Waals surface area contributed by atoms with Crippen molar-refractivity contribution >= 4 is 17.9 Å². The van der Waals surface area contributed by atoms with Gasteiger partial charge in [-0.05, 0) is 24.7 Å². The van der Waals surface area contributed by atoms with Crippen LogP contribution in [-0.4, -0.2) is 67.3 Å². The standard InChI is InChI=1S/C14H29NO2.C6H8O7.Na/c1-10(2)8-13(16)14(17)12(15)9-11-6-4-3-5-7-11;7-3(8)1-6(13,5(11)12)2-4(9)10;/h10-14,16-17H,3-9,15H2,1-2H3;13H,1-2H2,(H,7,8)(H,9,10)(H,11,12);/q;;+1/p-1/t12-,13-,14+;;/m0../s1. The molecule has 0 spiro atoms. The number of carbonyl (C=O) groups is 3. The molecule has 0 radical (unpaired) electrons. The average Bonchev–Trinajstić information content (AvgIpc) is 2.60. The number of aliphatic hydroxyl groups is 3. The fourth-order valence-corrected chi connectivity index (χ4v) is 3.56. The van der Waals surface area contributed by atoms with Crippen molar-refractivity contribution in [2.45, 2.75) is 95.5 Å². The summed E-state index contributed by atoms with van der Waals surface area (Å²) in [6.07, 6.45) is 4.00. The predicted octanol–water partition coefficient (Wildman–Crippen LogP) is -3.53. The van der Waals surface area contributed by atoms with Gasteiger partial charge in [-0.3, -0.25) is 4.79 Å². The zero-order chi connectivity index (χ0) is 23.5. The van der Waals surface area contributed by atoms with E-state index in [1.165, 1.54) is 32.1 Å². The van der Waals surface area contributed by atoms with Gasteiger partial charge >= 0.3 is 41.5 Å². The van der Waals surface area contributed by atoms with Gasteiger partial charge in [0, 0.05) is 18.4 Å². The first-order chi connectivity index (χ1) is 13.8. The molecule has 4 atom stereocenters. The van der Waals surface area contributed by atoms with Gasteiger partial charge in [0.25, 0.3) is 0 Å². The van der Waals surface area contributed by atoms with Crippen LogP contribution in [0.1, 0.15) is 71.6 Å². The van der Waals surface area contributed by atoms with Crippen molar-refractivity contribution in [3.63, 3.8) is 0 Å². The van der Waals surface area contributed by atoms with Crippen molar-refractivity contribution in [1.29, 1.82) is 0 Å². The molecule has 0 bridgehead atoms. The minimum absolute atomic E-state index is 0. The summed E-state index contributed by atoms with van der Waals surface area (Å²) >= 11 is 0. The summed E-state index contributed by atoms with van der Waals surface area (Å²) in [4.78, 5) is 30.3. The maximum Gasteiger partial charge on any atom is 1.00 e. The van der Waals surface area contributed by atoms with Crippen molar-refractivity contribution in [2.75, 3.05) is 0 Å². The molecule has 1 aliphatic carbocycles. The van der Waals surface area contributed by atoms with Crippen molar-refractivity contribution in [1.82, 2.24) is 0 Å². The molecule has 1 fully saturated rings. The summed E-state index contributed by atoms with van der Waals surface area (Å²) < 4.78 is 0. The summed E-state index contributed by atoms with van der Waals surface area (Å²) in [5.41, 5.74) is 3.21. The van der Waals surface area contributed by atoms with E-state index in [0.29, 0.717) is 18.3 Å². The minimum atomic E-state index is -2.80. The van der Waals surface area contributed by atoms with Gasteiger partial charge in [-0.1, -0.05) is 46.0 Å². The van der Waals surface area contributed by atoms with E-state index in [0.717, 1.165) is 6.42 Å². The van der Waals surface area contributed by atoms with Gasteiger partial charge in [-0.15, -0.1) is 0 Å². The molecule has 0 heterocycles. The normalized spacial score (nSPS) is 19.1. The fraction of sp³-hybridized carbons (Fsp3) is 0.850. The Hall–Kier alpha value is -0.750. The Bertz CT molecular complexity index is 537. The number of aliphatic carboxylic acids is 3. The van der Waals surface area contributed by atoms with Crippen molar-refractivity contribution < 1.29 is 74.6 Å². The molecule has 1 unspecified atom stereocenters. The van der Waals surface area contributed by atoms with Gasteiger partial charge in [-0.2, -0.15) is 0 Å². The zero-order valence-corrected chi connectivity index (χ0v) is 20.7. The van der Waals surface area contributed by atoms with Crippen LogP contribution in [-0.2, 0) is 14.4 Å². The number of carbonyl (C=O) groups excluding carboxylic acids is 1. The smallest absolute Gasteiger partial charge is 0.550 e. The Morgan fingerprint density at radius 1 is 1.06 bits per heavy atom. The maximum absolute atomic E-state index is 10.3. The Kier molecular flexibility index (Phi) is 16.7. The Morgan fingerprint density at radius 3 is 1.97 bits per heavy atom. The third-order valence-electron chi connectivity index (χ3n) is 5.15. The molecule has 7 N–H and O–H groups in total. The van der Waals surface area contributed by atoms with E-state index in [1.807, 2.05) is 13.8 Å². The van der Waals surface area contributed by atoms with Gasteiger partial charge in [0.2, 0.25) is 0 Å². The second kappa shape index (κ2) is 16.0. The van der Waals surface area contributed by atoms with Crippen LogP contribution in [0.5, 0.6) is 0 Å². The van der Waals surface area contributed by atoms with E-state index in [-0.39, 0.29) is 35.6 Å². The number of aliphatic hydroxyl groups excluding tert-OH is 2. The zero-order valence-electron chi connectivity index (χ0n) is 18.7. The second-order valence-electron chi connectivity index (χ2n) is 8.55. The fourth-order valence-electron chi connectivity index (χ4n) is 3.56. The molecule has 0 aromatic rings. The van der Waals surface area contributed by atoms with Crippen LogP contribution in [0, 0.1) is 11.8 Å². The number of carboxylic acids is 3. The summed E-state index contributed by atoms with van der Waals surface area (Å²) in [5, 5.41) is 55.4. The first-order valence-electron chi connectivity index (χ1n) is 10.3. The average molecular weight is 457 g/mol. The van der Waals surface area contributed by atoms with E-state index in [2.05, 4.69) is 0 Å². The van der Waals surface area contributed by atoms with Crippen LogP contribution in [0.15, 0.2) is 0 Å². The molecule has 1 rings (SSSR count). The first kappa shape index (κ1) is 32.4. The van der Waals surface area contributed by atoms with E-state index in [4.69, 9.17) is 21.1 Å². The van der Waals surface area contributed by atoms with Crippen molar-refractivity contribution in [3.8, 4) is 0 Å². The van der Waals surface area contributed by atoms with Gasteiger partial charge in [0.15, 0.2) is 5.60 Å². The molecule has 0 aromatic carbocycles. The van der Waals surface area contributed by atoms with Crippen LogP contribution >= 0.6 is 0 Å². The molecule has 0 aliphatic heterocycles. The molecule has 1 aliphatic rings. The molecular weight excluding hydrogens is 421 g/mol. The number of hydrogen-bond donors (Lipinski definition) is 6. The number of carboxylic acid groups (broad SMARTS) is 3. The number of hydrogen-bond acceptors (Lipinski definition) is 8. The maximum atomic E-state index is 10.3. The molecule has 11 heteroatoms. The minimum Gasteiger partial charge on any atom is -0.550 e. The molecule has 10 nitrogen and oxygen atoms in total. The van der Waals surface area contributed by atoms with Crippen LogP contribution in [0.2, 0.25) is 0 Å². The summed E-state index contributed by atoms with van der Waals surface area (Å²) in [5.74, 6) is -4.29. The van der Waals surface area contributed by atoms with E-state index >= 15 is 0 Å². The second-order valence-corrected chi connectivity index (χ2v) is 8.55. The van der Waals surface area contributed by atoms with Gasteiger partial charge in [-0.25, -0.2) is 4.79 Å². The third kappa shape index (κ3) is 14.1. The molecule has 1 saturated carbocycles. The Balaban J connectivity index is 0. The van der Waals surface area contributed by atoms with Crippen LogP contribution < -0.4 is 40.4 Å². The summed E-state index contributed by atoms with van der Waals surface area (Å²) in [6.45, 7) is 4.09. The van der Waals surface area contributed by atoms with E-state index in [1.54, 1.807) is 0 Å². The topological polar surface area (TPSA) is 201 Å². The van der Waals surface area contributed by atoms with Crippen molar-refractivity contribution in [3.05, 3.63) is 0 Å². The molecular formula is C20H36NNaO9. The van der Waals surface area contributed by atoms with Crippen LogP contribution in [0.25, 0.3) is 0 Å². The largest absolute Gasteiger partial charge is 1.00 e. The molecule has 0 saturated heterocycles. The van der Waals surface area contributed by atoms with Gasteiger partial charge in [0.1, 0.15) is 0 Å². The molecule has 176 valence electrons. The summed E-state index contributed by atoms with van der Waals surface area (Å²) in [6, 6.07) is -0.271. The molecule has 0 amide bonds. The number of nitrogens with two attached hydrogens (primary N) is 1. The van der Waals surface area contributed by atoms with Crippen LogP contribution in [0.4, 0.5) is 0 Å². The quantitative estimate of drug-likeness (QED) is 0.169. The molecule has 0 aromatic heterocycles. The van der Waals surface area contributed by atoms with Crippen LogP contribution in [0.3, 0.4) is 0 Å². The van der Waals surface area contributed by atoms with Gasteiger partial charge < -0.3 is 41.2 Å². The SMILES string of the molecule is CC(C)C[C@H](O)[C@H](O)[C@@H](N)CC1CCCCC1.O=C([O-])CC(O)(CC(=O)O)C(=O)O.[Na+]. The molecule has 31 heavy (non-hydrogen) atoms. The van der Waals surface area contributed by atoms with E-state index < -0.39 is 48.6 Å². The Morgan fingerprint density at radius 2 is 1.58 bits per heavy atom.